The number of tetrazole rings is 1. The third-order valence-electron chi connectivity index (χ3n) is 1.81. The fourth-order valence-corrected chi connectivity index (χ4v) is 1.31. The van der Waals surface area contributed by atoms with Gasteiger partial charge in [-0.3, -0.25) is 0 Å². The van der Waals surface area contributed by atoms with E-state index >= 15 is 0 Å². The van der Waals surface area contributed by atoms with Gasteiger partial charge in [-0.15, -0.1) is 16.7 Å². The second kappa shape index (κ2) is 4.28. The van der Waals surface area contributed by atoms with Gasteiger partial charge in [-0.1, -0.05) is 0 Å². The van der Waals surface area contributed by atoms with E-state index in [4.69, 9.17) is 11.6 Å². The Labute approximate surface area is 87.0 Å². The molecule has 13 heavy (non-hydrogen) atoms. The number of alkyl halides is 1. The second-order valence-electron chi connectivity index (χ2n) is 3.35. The highest BCUT2D eigenvalue weighted by Crippen LogP contribution is 2.23. The maximum absolute atomic E-state index is 5.68. The van der Waals surface area contributed by atoms with Gasteiger partial charge in [0.15, 0.2) is 5.82 Å². The molecule has 0 N–H and O–H groups in total. The highest BCUT2D eigenvalue weighted by atomic mass is 35.5. The van der Waals surface area contributed by atoms with Crippen LogP contribution in [0.2, 0.25) is 0 Å². The zero-order valence-electron chi connectivity index (χ0n) is 7.99. The van der Waals surface area contributed by atoms with Gasteiger partial charge in [0.1, 0.15) is 0 Å². The summed E-state index contributed by atoms with van der Waals surface area (Å²) in [6, 6.07) is 0. The SMILES string of the molecule is CSC(C)(C)Cn1nnnc1CCl. The van der Waals surface area contributed by atoms with E-state index in [9.17, 15) is 0 Å². The molecule has 0 atom stereocenters. The van der Waals surface area contributed by atoms with Gasteiger partial charge in [0.25, 0.3) is 0 Å². The van der Waals surface area contributed by atoms with E-state index in [2.05, 4.69) is 35.6 Å². The van der Waals surface area contributed by atoms with Crippen LogP contribution < -0.4 is 0 Å². The van der Waals surface area contributed by atoms with E-state index in [1.165, 1.54) is 0 Å². The van der Waals surface area contributed by atoms with Crippen molar-refractivity contribution < 1.29 is 0 Å². The largest absolute Gasteiger partial charge is 0.227 e. The monoisotopic (exact) mass is 220 g/mol. The van der Waals surface area contributed by atoms with Gasteiger partial charge in [0, 0.05) is 4.75 Å². The van der Waals surface area contributed by atoms with E-state index in [-0.39, 0.29) is 4.75 Å². The molecule has 0 aliphatic rings. The summed E-state index contributed by atoms with van der Waals surface area (Å²) >= 11 is 7.46. The van der Waals surface area contributed by atoms with Crippen LogP contribution in [0.15, 0.2) is 0 Å². The van der Waals surface area contributed by atoms with Crippen LogP contribution in [0, 0.1) is 0 Å². The smallest absolute Gasteiger partial charge is 0.166 e. The molecule has 1 heterocycles. The van der Waals surface area contributed by atoms with Crippen molar-refractivity contribution in [2.45, 2.75) is 31.0 Å². The van der Waals surface area contributed by atoms with E-state index in [0.717, 1.165) is 12.4 Å². The van der Waals surface area contributed by atoms with Crippen LogP contribution in [0.4, 0.5) is 0 Å². The number of halogens is 1. The van der Waals surface area contributed by atoms with Gasteiger partial charge < -0.3 is 0 Å². The maximum Gasteiger partial charge on any atom is 0.166 e. The Balaban J connectivity index is 2.73. The van der Waals surface area contributed by atoms with Crippen molar-refractivity contribution in [3.05, 3.63) is 5.82 Å². The predicted octanol–water partition coefficient (Wildman–Crippen LogP) is 1.55. The van der Waals surface area contributed by atoms with Crippen LogP contribution in [0.25, 0.3) is 0 Å². The Kier molecular flexibility index (Phi) is 3.55. The summed E-state index contributed by atoms with van der Waals surface area (Å²) in [4.78, 5) is 0. The summed E-state index contributed by atoms with van der Waals surface area (Å²) in [5, 5.41) is 11.3. The zero-order valence-corrected chi connectivity index (χ0v) is 9.56. The van der Waals surface area contributed by atoms with Crippen LogP contribution in [-0.2, 0) is 12.4 Å². The quantitative estimate of drug-likeness (QED) is 0.723. The first-order valence-electron chi connectivity index (χ1n) is 3.95. The first-order valence-corrected chi connectivity index (χ1v) is 5.71. The van der Waals surface area contributed by atoms with Crippen LogP contribution in [-0.4, -0.2) is 31.2 Å². The Morgan fingerprint density at radius 3 is 2.77 bits per heavy atom. The molecule has 0 bridgehead atoms. The number of thioether (sulfide) groups is 1. The molecule has 0 amide bonds. The van der Waals surface area contributed by atoms with Gasteiger partial charge in [-0.05, 0) is 30.5 Å². The van der Waals surface area contributed by atoms with Crippen LogP contribution in [0.1, 0.15) is 19.7 Å². The Morgan fingerprint density at radius 2 is 2.23 bits per heavy atom. The molecule has 0 aliphatic carbocycles. The summed E-state index contributed by atoms with van der Waals surface area (Å²) in [6.07, 6.45) is 2.07. The van der Waals surface area contributed by atoms with Crippen molar-refractivity contribution in [2.75, 3.05) is 6.26 Å². The average molecular weight is 221 g/mol. The summed E-state index contributed by atoms with van der Waals surface area (Å²) in [5.41, 5.74) is 0. The molecule has 0 radical (unpaired) electrons. The molecular formula is C7H13ClN4S. The molecule has 1 aromatic heterocycles. The molecule has 6 heteroatoms. The molecule has 74 valence electrons. The van der Waals surface area contributed by atoms with E-state index in [0.29, 0.717) is 5.88 Å². The molecule has 1 aromatic rings. The molecule has 1 rings (SSSR count). The van der Waals surface area contributed by atoms with Crippen molar-refractivity contribution in [2.24, 2.45) is 0 Å². The van der Waals surface area contributed by atoms with Gasteiger partial charge in [-0.2, -0.15) is 11.8 Å². The zero-order chi connectivity index (χ0) is 9.90. The average Bonchev–Trinajstić information content (AvgIpc) is 2.51. The Bertz CT molecular complexity index is 273. The lowest BCUT2D eigenvalue weighted by Crippen LogP contribution is -2.24. The number of hydrogen-bond acceptors (Lipinski definition) is 4. The predicted molar refractivity (Wildman–Crippen MR) is 55.0 cm³/mol. The molecular weight excluding hydrogens is 208 g/mol. The van der Waals surface area contributed by atoms with Crippen molar-refractivity contribution >= 4 is 23.4 Å². The molecule has 0 aliphatic heterocycles. The van der Waals surface area contributed by atoms with Gasteiger partial charge in [0.2, 0.25) is 0 Å². The maximum atomic E-state index is 5.68. The Hall–Kier alpha value is -0.290. The number of rotatable bonds is 4. The summed E-state index contributed by atoms with van der Waals surface area (Å²) in [5.74, 6) is 1.08. The van der Waals surface area contributed by atoms with Crippen LogP contribution in [0.5, 0.6) is 0 Å². The normalized spacial score (nSPS) is 12.0. The second-order valence-corrected chi connectivity index (χ2v) is 5.13. The minimum absolute atomic E-state index is 0.135. The third kappa shape index (κ3) is 2.84. The topological polar surface area (TPSA) is 43.6 Å². The fourth-order valence-electron chi connectivity index (χ4n) is 0.867. The molecule has 4 nitrogen and oxygen atoms in total. The van der Waals surface area contributed by atoms with Gasteiger partial charge in [-0.25, -0.2) is 4.68 Å². The van der Waals surface area contributed by atoms with Crippen molar-refractivity contribution in [3.63, 3.8) is 0 Å². The van der Waals surface area contributed by atoms with Gasteiger partial charge in [0.05, 0.1) is 12.4 Å². The summed E-state index contributed by atoms with van der Waals surface area (Å²) < 4.78 is 1.89. The minimum atomic E-state index is 0.135. The molecule has 0 saturated carbocycles. The minimum Gasteiger partial charge on any atom is -0.227 e. The van der Waals surface area contributed by atoms with Crippen molar-refractivity contribution in [1.82, 2.24) is 20.2 Å². The first-order chi connectivity index (χ1) is 6.09. The molecule has 0 fully saturated rings. The Morgan fingerprint density at radius 1 is 1.54 bits per heavy atom. The molecule has 0 spiro atoms. The number of aromatic nitrogens is 4. The van der Waals surface area contributed by atoms with E-state index < -0.39 is 0 Å². The summed E-state index contributed by atoms with van der Waals surface area (Å²) in [7, 11) is 0. The fraction of sp³-hybridized carbons (Fsp3) is 0.857. The highest BCUT2D eigenvalue weighted by Gasteiger charge is 2.19. The van der Waals surface area contributed by atoms with E-state index in [1.807, 2.05) is 0 Å². The van der Waals surface area contributed by atoms with Gasteiger partial charge >= 0.3 is 0 Å². The van der Waals surface area contributed by atoms with Crippen LogP contribution >= 0.6 is 23.4 Å². The third-order valence-corrected chi connectivity index (χ3v) is 3.28. The molecule has 0 unspecified atom stereocenters. The number of hydrogen-bond donors (Lipinski definition) is 0. The summed E-state index contributed by atoms with van der Waals surface area (Å²) in [6.45, 7) is 5.08. The lowest BCUT2D eigenvalue weighted by molar-refractivity contribution is 0.496. The number of nitrogens with zero attached hydrogens (tertiary/aromatic N) is 4. The molecule has 0 aromatic carbocycles. The van der Waals surface area contributed by atoms with E-state index in [1.54, 1.807) is 16.4 Å². The highest BCUT2D eigenvalue weighted by molar-refractivity contribution is 7.99. The first kappa shape index (κ1) is 10.8. The lowest BCUT2D eigenvalue weighted by atomic mass is 10.2. The standard InChI is InChI=1S/C7H13ClN4S/c1-7(2,13-3)5-12-6(4-8)9-10-11-12/h4-5H2,1-3H3. The van der Waals surface area contributed by atoms with Crippen molar-refractivity contribution in [1.29, 1.82) is 0 Å². The molecule has 0 saturated heterocycles. The van der Waals surface area contributed by atoms with Crippen LogP contribution in [0.3, 0.4) is 0 Å². The lowest BCUT2D eigenvalue weighted by Gasteiger charge is -2.21. The van der Waals surface area contributed by atoms with Crippen molar-refractivity contribution in [3.8, 4) is 0 Å².